The third kappa shape index (κ3) is 2.82. The van der Waals surface area contributed by atoms with Gasteiger partial charge in [-0.2, -0.15) is 4.37 Å². The predicted molar refractivity (Wildman–Crippen MR) is 67.5 cm³/mol. The molecule has 0 bridgehead atoms. The summed E-state index contributed by atoms with van der Waals surface area (Å²) in [5.41, 5.74) is 6.86. The molecule has 0 amide bonds. The molecule has 1 aromatic heterocycles. The third-order valence-electron chi connectivity index (χ3n) is 2.85. The van der Waals surface area contributed by atoms with Gasteiger partial charge in [-0.15, -0.1) is 0 Å². The Kier molecular flexibility index (Phi) is 3.57. The van der Waals surface area contributed by atoms with Gasteiger partial charge in [-0.05, 0) is 46.4 Å². The molecule has 0 unspecified atom stereocenters. The maximum absolute atomic E-state index is 5.69. The van der Waals surface area contributed by atoms with E-state index in [-0.39, 0.29) is 5.54 Å². The highest BCUT2D eigenvalue weighted by molar-refractivity contribution is 7.10. The Morgan fingerprint density at radius 3 is 2.47 bits per heavy atom. The first-order valence-corrected chi connectivity index (χ1v) is 5.75. The molecule has 0 aromatic carbocycles. The Bertz CT molecular complexity index is 330. The van der Waals surface area contributed by atoms with Gasteiger partial charge in [-0.3, -0.25) is 0 Å². The molecule has 0 fully saturated rings. The van der Waals surface area contributed by atoms with Gasteiger partial charge in [0.1, 0.15) is 10.8 Å². The van der Waals surface area contributed by atoms with Crippen LogP contribution in [0.25, 0.3) is 0 Å². The first-order chi connectivity index (χ1) is 6.84. The second-order valence-electron chi connectivity index (χ2n) is 4.58. The van der Waals surface area contributed by atoms with E-state index in [2.05, 4.69) is 42.5 Å². The van der Waals surface area contributed by atoms with Crippen molar-refractivity contribution in [1.82, 2.24) is 9.27 Å². The molecular weight excluding hydrogens is 208 g/mol. The Morgan fingerprint density at radius 1 is 1.47 bits per heavy atom. The summed E-state index contributed by atoms with van der Waals surface area (Å²) in [4.78, 5) is 2.19. The number of nitrogens with one attached hydrogen (secondary N) is 1. The Labute approximate surface area is 95.6 Å². The van der Waals surface area contributed by atoms with Gasteiger partial charge in [0, 0.05) is 17.6 Å². The van der Waals surface area contributed by atoms with Gasteiger partial charge in [0.25, 0.3) is 0 Å². The number of rotatable bonds is 4. The summed E-state index contributed by atoms with van der Waals surface area (Å²) < 4.78 is 4.11. The van der Waals surface area contributed by atoms with E-state index in [9.17, 15) is 0 Å². The van der Waals surface area contributed by atoms with Crippen molar-refractivity contribution in [1.29, 1.82) is 0 Å². The van der Waals surface area contributed by atoms with Gasteiger partial charge in [0.05, 0.1) is 0 Å². The molecular formula is C10H20N4S. The number of nitrogens with two attached hydrogens (primary N) is 1. The topological polar surface area (TPSA) is 54.2 Å². The van der Waals surface area contributed by atoms with Crippen LogP contribution in [-0.4, -0.2) is 35.5 Å². The standard InChI is InChI=1S/C10H20N4S/c1-7-8(11)13-15-9(7)12-6-10(2,3)14(4)5/h12H,6H2,1-5H3,(H2,11,13). The molecule has 0 saturated carbocycles. The van der Waals surface area contributed by atoms with E-state index in [1.165, 1.54) is 11.5 Å². The monoisotopic (exact) mass is 228 g/mol. The molecule has 0 aliphatic carbocycles. The van der Waals surface area contributed by atoms with Crippen LogP contribution in [-0.2, 0) is 0 Å². The minimum atomic E-state index is 0.116. The SMILES string of the molecule is Cc1c(N)nsc1NCC(C)(C)N(C)C. The Balaban J connectivity index is 2.61. The van der Waals surface area contributed by atoms with Gasteiger partial charge < -0.3 is 16.0 Å². The lowest BCUT2D eigenvalue weighted by molar-refractivity contribution is 0.210. The number of nitrogen functional groups attached to an aromatic ring is 1. The highest BCUT2D eigenvalue weighted by atomic mass is 32.1. The number of aromatic nitrogens is 1. The second kappa shape index (κ2) is 4.37. The minimum absolute atomic E-state index is 0.116. The molecule has 4 nitrogen and oxygen atoms in total. The second-order valence-corrected chi connectivity index (χ2v) is 5.36. The van der Waals surface area contributed by atoms with Gasteiger partial charge in [-0.25, -0.2) is 0 Å². The molecule has 86 valence electrons. The van der Waals surface area contributed by atoms with Crippen molar-refractivity contribution in [2.24, 2.45) is 0 Å². The molecule has 1 heterocycles. The molecule has 0 atom stereocenters. The number of likely N-dealkylation sites (N-methyl/N-ethyl adjacent to an activating group) is 1. The molecule has 15 heavy (non-hydrogen) atoms. The molecule has 1 aromatic rings. The fourth-order valence-corrected chi connectivity index (χ4v) is 1.67. The minimum Gasteiger partial charge on any atom is -0.383 e. The number of hydrogen-bond acceptors (Lipinski definition) is 5. The highest BCUT2D eigenvalue weighted by Gasteiger charge is 2.20. The van der Waals surface area contributed by atoms with Gasteiger partial charge >= 0.3 is 0 Å². The zero-order valence-electron chi connectivity index (χ0n) is 10.1. The molecule has 1 rings (SSSR count). The highest BCUT2D eigenvalue weighted by Crippen LogP contribution is 2.26. The summed E-state index contributed by atoms with van der Waals surface area (Å²) in [6, 6.07) is 0. The van der Waals surface area contributed by atoms with Crippen molar-refractivity contribution in [2.45, 2.75) is 26.3 Å². The van der Waals surface area contributed by atoms with Crippen LogP contribution in [0, 0.1) is 6.92 Å². The van der Waals surface area contributed by atoms with Gasteiger partial charge in [-0.1, -0.05) is 0 Å². The summed E-state index contributed by atoms with van der Waals surface area (Å²) in [7, 11) is 4.16. The largest absolute Gasteiger partial charge is 0.383 e. The molecule has 0 saturated heterocycles. The Hall–Kier alpha value is -0.810. The van der Waals surface area contributed by atoms with Crippen LogP contribution in [0.5, 0.6) is 0 Å². The average Bonchev–Trinajstić information content (AvgIpc) is 2.45. The number of hydrogen-bond donors (Lipinski definition) is 2. The zero-order valence-corrected chi connectivity index (χ0v) is 10.9. The van der Waals surface area contributed by atoms with Crippen LogP contribution in [0.15, 0.2) is 0 Å². The first-order valence-electron chi connectivity index (χ1n) is 4.97. The maximum atomic E-state index is 5.69. The van der Waals surface area contributed by atoms with Crippen molar-refractivity contribution < 1.29 is 0 Å². The molecule has 0 radical (unpaired) electrons. The van der Waals surface area contributed by atoms with Crippen LogP contribution in [0.2, 0.25) is 0 Å². The summed E-state index contributed by atoms with van der Waals surface area (Å²) >= 11 is 1.42. The van der Waals surface area contributed by atoms with E-state index in [0.29, 0.717) is 5.82 Å². The molecule has 0 spiro atoms. The van der Waals surface area contributed by atoms with Crippen molar-refractivity contribution in [3.05, 3.63) is 5.56 Å². The van der Waals surface area contributed by atoms with Gasteiger partial charge in [0.2, 0.25) is 0 Å². The van der Waals surface area contributed by atoms with Gasteiger partial charge in [0.15, 0.2) is 0 Å². The number of anilines is 2. The number of nitrogens with zero attached hydrogens (tertiary/aromatic N) is 2. The van der Waals surface area contributed by atoms with E-state index in [1.54, 1.807) is 0 Å². The zero-order chi connectivity index (χ0) is 11.6. The summed E-state index contributed by atoms with van der Waals surface area (Å²) in [6.07, 6.45) is 0. The smallest absolute Gasteiger partial charge is 0.142 e. The van der Waals surface area contributed by atoms with Crippen LogP contribution >= 0.6 is 11.5 Å². The van der Waals surface area contributed by atoms with Crippen LogP contribution in [0.4, 0.5) is 10.8 Å². The molecule has 0 aliphatic heterocycles. The normalized spacial score (nSPS) is 12.1. The van der Waals surface area contributed by atoms with Crippen molar-refractivity contribution >= 4 is 22.4 Å². The lowest BCUT2D eigenvalue weighted by Gasteiger charge is -2.32. The first kappa shape index (κ1) is 12.3. The predicted octanol–water partition coefficient (Wildman–Crippen LogP) is 1.79. The average molecular weight is 228 g/mol. The van der Waals surface area contributed by atoms with Crippen molar-refractivity contribution in [2.75, 3.05) is 31.7 Å². The fourth-order valence-electron chi connectivity index (χ4n) is 0.968. The van der Waals surface area contributed by atoms with Crippen LogP contribution in [0.1, 0.15) is 19.4 Å². The fraction of sp³-hybridized carbons (Fsp3) is 0.700. The van der Waals surface area contributed by atoms with Crippen molar-refractivity contribution in [3.8, 4) is 0 Å². The summed E-state index contributed by atoms with van der Waals surface area (Å²) in [5, 5.41) is 4.46. The van der Waals surface area contributed by atoms with E-state index in [4.69, 9.17) is 5.73 Å². The maximum Gasteiger partial charge on any atom is 0.142 e. The lowest BCUT2D eigenvalue weighted by Crippen LogP contribution is -2.44. The Morgan fingerprint density at radius 2 is 2.07 bits per heavy atom. The van der Waals surface area contributed by atoms with Crippen LogP contribution in [0.3, 0.4) is 0 Å². The summed E-state index contributed by atoms with van der Waals surface area (Å²) in [5.74, 6) is 0.630. The van der Waals surface area contributed by atoms with E-state index >= 15 is 0 Å². The van der Waals surface area contributed by atoms with Crippen LogP contribution < -0.4 is 11.1 Å². The molecule has 3 N–H and O–H groups in total. The molecule has 0 aliphatic rings. The molecule has 5 heteroatoms. The third-order valence-corrected chi connectivity index (χ3v) is 3.77. The quantitative estimate of drug-likeness (QED) is 0.825. The van der Waals surface area contributed by atoms with Crippen molar-refractivity contribution in [3.63, 3.8) is 0 Å². The van der Waals surface area contributed by atoms with E-state index in [1.807, 2.05) is 6.92 Å². The summed E-state index contributed by atoms with van der Waals surface area (Å²) in [6.45, 7) is 7.26. The van der Waals surface area contributed by atoms with E-state index in [0.717, 1.165) is 17.1 Å². The lowest BCUT2D eigenvalue weighted by atomic mass is 10.0. The van der Waals surface area contributed by atoms with E-state index < -0.39 is 0 Å².